The van der Waals surface area contributed by atoms with Gasteiger partial charge in [0.1, 0.15) is 29.9 Å². The summed E-state index contributed by atoms with van der Waals surface area (Å²) in [6.45, 7) is 2.95. The van der Waals surface area contributed by atoms with Gasteiger partial charge >= 0.3 is 0 Å². The van der Waals surface area contributed by atoms with Gasteiger partial charge in [-0.25, -0.2) is 18.4 Å². The number of ether oxygens (including phenoxy) is 1. The zero-order valence-electron chi connectivity index (χ0n) is 11.1. The molecule has 0 bridgehead atoms. The third-order valence-corrected chi connectivity index (χ3v) is 3.63. The van der Waals surface area contributed by atoms with E-state index in [0.29, 0.717) is 31.1 Å². The summed E-state index contributed by atoms with van der Waals surface area (Å²) in [6, 6.07) is 3.61. The molecule has 3 rings (SSSR count). The van der Waals surface area contributed by atoms with Gasteiger partial charge in [-0.1, -0.05) is 13.0 Å². The minimum Gasteiger partial charge on any atom is -0.368 e. The molecule has 6 heteroatoms. The Hall–Kier alpha value is -1.82. The quantitative estimate of drug-likeness (QED) is 0.866. The maximum atomic E-state index is 14.1. The highest BCUT2D eigenvalue weighted by Gasteiger charge is 2.43. The van der Waals surface area contributed by atoms with Crippen LogP contribution in [0.4, 0.5) is 8.78 Å². The summed E-state index contributed by atoms with van der Waals surface area (Å²) in [6.07, 6.45) is 3.65. The molecule has 1 aromatic heterocycles. The normalized spacial score (nSPS) is 26.1. The fourth-order valence-corrected chi connectivity index (χ4v) is 2.80. The molecule has 2 heterocycles. The van der Waals surface area contributed by atoms with Gasteiger partial charge in [0.15, 0.2) is 0 Å². The average molecular weight is 279 g/mol. The summed E-state index contributed by atoms with van der Waals surface area (Å²) in [5, 5.41) is 4.05. The van der Waals surface area contributed by atoms with Crippen molar-refractivity contribution in [2.75, 3.05) is 6.61 Å². The predicted molar refractivity (Wildman–Crippen MR) is 67.8 cm³/mol. The molecule has 1 aromatic carbocycles. The third kappa shape index (κ3) is 2.31. The largest absolute Gasteiger partial charge is 0.368 e. The fraction of sp³-hybridized carbons (Fsp3) is 0.429. The highest BCUT2D eigenvalue weighted by atomic mass is 19.1. The summed E-state index contributed by atoms with van der Waals surface area (Å²) in [4.78, 5) is 3.89. The van der Waals surface area contributed by atoms with Crippen molar-refractivity contribution in [3.8, 4) is 0 Å². The van der Waals surface area contributed by atoms with Gasteiger partial charge in [-0.2, -0.15) is 5.10 Å². The Kier molecular flexibility index (Phi) is 3.25. The molecule has 0 amide bonds. The van der Waals surface area contributed by atoms with Crippen LogP contribution in [0.25, 0.3) is 0 Å². The van der Waals surface area contributed by atoms with E-state index in [1.54, 1.807) is 11.0 Å². The molecule has 0 radical (unpaired) electrons. The first-order chi connectivity index (χ1) is 9.59. The molecule has 1 aliphatic rings. The minimum atomic E-state index is -0.815. The smallest absolute Gasteiger partial charge is 0.137 e. The van der Waals surface area contributed by atoms with Gasteiger partial charge in [0, 0.05) is 11.6 Å². The minimum absolute atomic E-state index is 0.308. The summed E-state index contributed by atoms with van der Waals surface area (Å²) in [5.41, 5.74) is -0.441. The van der Waals surface area contributed by atoms with Crippen LogP contribution in [-0.2, 0) is 16.9 Å². The van der Waals surface area contributed by atoms with Crippen molar-refractivity contribution in [3.05, 3.63) is 48.1 Å². The number of nitrogens with zero attached hydrogens (tertiary/aromatic N) is 3. The maximum absolute atomic E-state index is 14.1. The Morgan fingerprint density at radius 2 is 2.30 bits per heavy atom. The van der Waals surface area contributed by atoms with Crippen LogP contribution in [0.1, 0.15) is 18.9 Å². The van der Waals surface area contributed by atoms with Crippen molar-refractivity contribution in [2.45, 2.75) is 25.5 Å². The first-order valence-corrected chi connectivity index (χ1v) is 6.51. The van der Waals surface area contributed by atoms with E-state index < -0.39 is 17.2 Å². The topological polar surface area (TPSA) is 39.9 Å². The van der Waals surface area contributed by atoms with Crippen molar-refractivity contribution in [2.24, 2.45) is 5.92 Å². The van der Waals surface area contributed by atoms with Crippen molar-refractivity contribution in [1.29, 1.82) is 0 Å². The van der Waals surface area contributed by atoms with E-state index in [9.17, 15) is 8.78 Å². The molecule has 2 aromatic rings. The summed E-state index contributed by atoms with van der Waals surface area (Å²) in [7, 11) is 0. The Morgan fingerprint density at radius 1 is 1.45 bits per heavy atom. The molecule has 1 saturated heterocycles. The fourth-order valence-electron chi connectivity index (χ4n) is 2.80. The zero-order valence-corrected chi connectivity index (χ0v) is 11.1. The monoisotopic (exact) mass is 279 g/mol. The summed E-state index contributed by atoms with van der Waals surface area (Å²) in [5.74, 6) is -0.865. The Labute approximate surface area is 115 Å². The zero-order chi connectivity index (χ0) is 14.2. The second-order valence-corrected chi connectivity index (χ2v) is 5.33. The van der Waals surface area contributed by atoms with Gasteiger partial charge in [-0.3, -0.25) is 0 Å². The molecule has 4 nitrogen and oxygen atoms in total. The molecule has 20 heavy (non-hydrogen) atoms. The Balaban J connectivity index is 2.01. The maximum Gasteiger partial charge on any atom is 0.137 e. The average Bonchev–Trinajstić information content (AvgIpc) is 3.00. The molecular formula is C14H15F2N3O. The lowest BCUT2D eigenvalue weighted by Crippen LogP contribution is -2.32. The van der Waals surface area contributed by atoms with Crippen molar-refractivity contribution < 1.29 is 13.5 Å². The number of halogens is 2. The van der Waals surface area contributed by atoms with Crippen LogP contribution in [0.2, 0.25) is 0 Å². The number of hydrogen-bond donors (Lipinski definition) is 0. The Bertz CT molecular complexity index is 602. The molecular weight excluding hydrogens is 264 g/mol. The number of aromatic nitrogens is 3. The van der Waals surface area contributed by atoms with Crippen molar-refractivity contribution >= 4 is 0 Å². The van der Waals surface area contributed by atoms with E-state index in [4.69, 9.17) is 4.74 Å². The lowest BCUT2D eigenvalue weighted by atomic mass is 9.87. The lowest BCUT2D eigenvalue weighted by molar-refractivity contribution is -0.0203. The molecule has 0 spiro atoms. The van der Waals surface area contributed by atoms with Gasteiger partial charge in [0.2, 0.25) is 0 Å². The second-order valence-electron chi connectivity index (χ2n) is 5.33. The molecule has 1 fully saturated rings. The van der Waals surface area contributed by atoms with E-state index in [1.165, 1.54) is 18.5 Å². The molecule has 2 atom stereocenters. The van der Waals surface area contributed by atoms with E-state index >= 15 is 0 Å². The van der Waals surface area contributed by atoms with Crippen molar-refractivity contribution in [1.82, 2.24) is 14.8 Å². The SMILES string of the molecule is C[C@@H]1COC(Cn2cncn2)(c2ccc(F)cc2F)C1. The van der Waals surface area contributed by atoms with Crippen LogP contribution in [0.5, 0.6) is 0 Å². The molecule has 1 unspecified atom stereocenters. The standard InChI is InChI=1S/C14H15F2N3O/c1-10-5-14(20-6-10,7-19-9-17-8-18-19)12-3-2-11(15)4-13(12)16/h2-4,8-10H,5-7H2,1H3/t10-,14?/m0/s1. The summed E-state index contributed by atoms with van der Waals surface area (Å²) >= 11 is 0. The first-order valence-electron chi connectivity index (χ1n) is 6.51. The van der Waals surface area contributed by atoms with E-state index in [0.717, 1.165) is 6.07 Å². The summed E-state index contributed by atoms with van der Waals surface area (Å²) < 4.78 is 34.7. The van der Waals surface area contributed by atoms with Crippen LogP contribution >= 0.6 is 0 Å². The first kappa shape index (κ1) is 13.2. The van der Waals surface area contributed by atoms with Gasteiger partial charge in [0.25, 0.3) is 0 Å². The molecule has 0 saturated carbocycles. The van der Waals surface area contributed by atoms with Crippen molar-refractivity contribution in [3.63, 3.8) is 0 Å². The van der Waals surface area contributed by atoms with Crippen LogP contribution in [0.15, 0.2) is 30.9 Å². The van der Waals surface area contributed by atoms with Gasteiger partial charge in [-0.15, -0.1) is 0 Å². The number of hydrogen-bond acceptors (Lipinski definition) is 3. The van der Waals surface area contributed by atoms with Crippen LogP contribution < -0.4 is 0 Å². The number of benzene rings is 1. The second kappa shape index (κ2) is 4.94. The van der Waals surface area contributed by atoms with E-state index in [2.05, 4.69) is 10.1 Å². The van der Waals surface area contributed by atoms with Gasteiger partial charge in [0.05, 0.1) is 13.2 Å². The van der Waals surface area contributed by atoms with E-state index in [-0.39, 0.29) is 0 Å². The van der Waals surface area contributed by atoms with Crippen LogP contribution in [0, 0.1) is 17.6 Å². The Morgan fingerprint density at radius 3 is 2.90 bits per heavy atom. The predicted octanol–water partition coefficient (Wildman–Crippen LogP) is 2.51. The van der Waals surface area contributed by atoms with Gasteiger partial charge < -0.3 is 4.74 Å². The molecule has 106 valence electrons. The van der Waals surface area contributed by atoms with Gasteiger partial charge in [-0.05, 0) is 18.4 Å². The molecule has 0 N–H and O–H groups in total. The van der Waals surface area contributed by atoms with E-state index in [1.807, 2.05) is 6.92 Å². The number of rotatable bonds is 3. The molecule has 1 aliphatic heterocycles. The highest BCUT2D eigenvalue weighted by Crippen LogP contribution is 2.41. The third-order valence-electron chi connectivity index (χ3n) is 3.63. The van der Waals surface area contributed by atoms with Crippen LogP contribution in [-0.4, -0.2) is 21.4 Å². The van der Waals surface area contributed by atoms with Crippen LogP contribution in [0.3, 0.4) is 0 Å². The molecule has 0 aliphatic carbocycles. The highest BCUT2D eigenvalue weighted by molar-refractivity contribution is 5.26. The lowest BCUT2D eigenvalue weighted by Gasteiger charge is -2.29.